The Morgan fingerprint density at radius 2 is 2.22 bits per heavy atom. The number of carbonyl (C=O) groups is 1. The summed E-state index contributed by atoms with van der Waals surface area (Å²) in [6.07, 6.45) is 3.30. The summed E-state index contributed by atoms with van der Waals surface area (Å²) in [5.74, 6) is -0.769. The van der Waals surface area contributed by atoms with Gasteiger partial charge < -0.3 is 20.5 Å². The first-order valence-electron chi connectivity index (χ1n) is 5.89. The topological polar surface area (TPSA) is 88.7 Å². The van der Waals surface area contributed by atoms with Crippen LogP contribution in [0.1, 0.15) is 23.2 Å². The van der Waals surface area contributed by atoms with E-state index in [0.717, 1.165) is 12.8 Å². The molecule has 1 aliphatic rings. The minimum atomic E-state index is -0.988. The van der Waals surface area contributed by atoms with Crippen LogP contribution in [0.5, 0.6) is 0 Å². The smallest absolute Gasteiger partial charge is 0.338 e. The van der Waals surface area contributed by atoms with Gasteiger partial charge in [0.25, 0.3) is 0 Å². The molecule has 18 heavy (non-hydrogen) atoms. The lowest BCUT2D eigenvalue weighted by Gasteiger charge is -2.33. The maximum Gasteiger partial charge on any atom is 0.338 e. The lowest BCUT2D eigenvalue weighted by molar-refractivity contribution is 0.0696. The van der Waals surface area contributed by atoms with Crippen LogP contribution >= 0.6 is 0 Å². The molecule has 0 atom stereocenters. The molecule has 3 N–H and O–H groups in total. The van der Waals surface area contributed by atoms with Crippen molar-refractivity contribution >= 4 is 17.5 Å². The average Bonchev–Trinajstić information content (AvgIpc) is 2.39. The van der Waals surface area contributed by atoms with Crippen molar-refractivity contribution in [3.05, 3.63) is 17.8 Å². The van der Waals surface area contributed by atoms with Gasteiger partial charge in [-0.25, -0.2) is 9.78 Å². The summed E-state index contributed by atoms with van der Waals surface area (Å²) in [5.41, 5.74) is 6.32. The summed E-state index contributed by atoms with van der Waals surface area (Å²) in [4.78, 5) is 17.2. The Kier molecular flexibility index (Phi) is 3.66. The van der Waals surface area contributed by atoms with Gasteiger partial charge in [-0.3, -0.25) is 0 Å². The van der Waals surface area contributed by atoms with Crippen molar-refractivity contribution in [1.29, 1.82) is 0 Å². The van der Waals surface area contributed by atoms with Crippen molar-refractivity contribution < 1.29 is 14.6 Å². The fourth-order valence-electron chi connectivity index (χ4n) is 2.19. The summed E-state index contributed by atoms with van der Waals surface area (Å²) >= 11 is 0. The first-order valence-corrected chi connectivity index (χ1v) is 5.89. The van der Waals surface area contributed by atoms with Gasteiger partial charge in [0.15, 0.2) is 0 Å². The molecule has 0 bridgehead atoms. The first-order chi connectivity index (χ1) is 8.59. The summed E-state index contributed by atoms with van der Waals surface area (Å²) in [5, 5.41) is 9.20. The zero-order valence-corrected chi connectivity index (χ0v) is 10.3. The van der Waals surface area contributed by atoms with Crippen LogP contribution in [0.15, 0.2) is 12.3 Å². The number of rotatable bonds is 3. The third-order valence-electron chi connectivity index (χ3n) is 3.25. The lowest BCUT2D eigenvalue weighted by Crippen LogP contribution is -2.37. The fourth-order valence-corrected chi connectivity index (χ4v) is 2.19. The molecule has 1 aliphatic heterocycles. The predicted octanol–water partition coefficient (Wildman–Crippen LogP) is 0.977. The molecule has 0 saturated carbocycles. The quantitative estimate of drug-likeness (QED) is 0.832. The summed E-state index contributed by atoms with van der Waals surface area (Å²) < 4.78 is 5.30. The zero-order chi connectivity index (χ0) is 13.1. The second-order valence-electron chi connectivity index (χ2n) is 4.39. The highest BCUT2D eigenvalue weighted by Crippen LogP contribution is 2.25. The maximum atomic E-state index is 11.2. The molecule has 6 heteroatoms. The highest BCUT2D eigenvalue weighted by atomic mass is 16.5. The Morgan fingerprint density at radius 3 is 2.83 bits per heavy atom. The van der Waals surface area contributed by atoms with Crippen molar-refractivity contribution in [3.8, 4) is 0 Å². The summed E-state index contributed by atoms with van der Waals surface area (Å²) in [6.45, 7) is 1.42. The zero-order valence-electron chi connectivity index (χ0n) is 10.3. The SMILES string of the molecule is CN(c1cnc(N)cc1C(=O)O)C1CCOCC1. The van der Waals surface area contributed by atoms with Crippen molar-refractivity contribution in [3.63, 3.8) is 0 Å². The number of hydrogen-bond acceptors (Lipinski definition) is 5. The van der Waals surface area contributed by atoms with Crippen molar-refractivity contribution in [1.82, 2.24) is 4.98 Å². The van der Waals surface area contributed by atoms with Crippen LogP contribution in [0.25, 0.3) is 0 Å². The number of ether oxygens (including phenoxy) is 1. The standard InChI is InChI=1S/C12H17N3O3/c1-15(8-2-4-18-5-3-8)10-7-14-11(13)6-9(10)12(16)17/h6-8H,2-5H2,1H3,(H2,13,14)(H,16,17). The normalized spacial score (nSPS) is 16.5. The number of nitrogen functional groups attached to an aromatic ring is 1. The summed E-state index contributed by atoms with van der Waals surface area (Å²) in [6, 6.07) is 1.68. The van der Waals surface area contributed by atoms with Crippen LogP contribution in [0.3, 0.4) is 0 Å². The van der Waals surface area contributed by atoms with Crippen molar-refractivity contribution in [2.75, 3.05) is 30.9 Å². The van der Waals surface area contributed by atoms with Crippen LogP contribution in [0.2, 0.25) is 0 Å². The summed E-state index contributed by atoms with van der Waals surface area (Å²) in [7, 11) is 1.88. The van der Waals surface area contributed by atoms with E-state index in [1.54, 1.807) is 0 Å². The minimum absolute atomic E-state index is 0.191. The van der Waals surface area contributed by atoms with Crippen LogP contribution < -0.4 is 10.6 Å². The fraction of sp³-hybridized carbons (Fsp3) is 0.500. The van der Waals surface area contributed by atoms with Crippen LogP contribution in [-0.2, 0) is 4.74 Å². The van der Waals surface area contributed by atoms with E-state index in [-0.39, 0.29) is 17.4 Å². The molecule has 1 aromatic rings. The molecule has 2 rings (SSSR count). The number of carboxylic acid groups (broad SMARTS) is 1. The van der Waals surface area contributed by atoms with Gasteiger partial charge in [0, 0.05) is 26.3 Å². The van der Waals surface area contributed by atoms with E-state index in [1.807, 2.05) is 11.9 Å². The lowest BCUT2D eigenvalue weighted by atomic mass is 10.1. The molecule has 98 valence electrons. The van der Waals surface area contributed by atoms with E-state index >= 15 is 0 Å². The molecule has 0 unspecified atom stereocenters. The number of carboxylic acids is 1. The molecular formula is C12H17N3O3. The van der Waals surface area contributed by atoms with Crippen LogP contribution in [-0.4, -0.2) is 42.4 Å². The number of aromatic carboxylic acids is 1. The van der Waals surface area contributed by atoms with Gasteiger partial charge in [-0.05, 0) is 18.9 Å². The number of nitrogens with zero attached hydrogens (tertiary/aromatic N) is 2. The molecule has 0 spiro atoms. The van der Waals surface area contributed by atoms with Gasteiger partial charge in [0.05, 0.1) is 17.4 Å². The Morgan fingerprint density at radius 1 is 1.56 bits per heavy atom. The molecule has 2 heterocycles. The molecule has 1 aromatic heterocycles. The Bertz CT molecular complexity index is 444. The number of nitrogens with two attached hydrogens (primary N) is 1. The molecule has 1 saturated heterocycles. The number of aromatic nitrogens is 1. The molecule has 0 aromatic carbocycles. The third kappa shape index (κ3) is 2.53. The molecular weight excluding hydrogens is 234 g/mol. The molecule has 0 amide bonds. The highest BCUT2D eigenvalue weighted by molar-refractivity contribution is 5.95. The molecule has 6 nitrogen and oxygen atoms in total. The molecule has 1 fully saturated rings. The van der Waals surface area contributed by atoms with Crippen LogP contribution in [0, 0.1) is 0 Å². The Balaban J connectivity index is 2.28. The van der Waals surface area contributed by atoms with E-state index in [2.05, 4.69) is 4.98 Å². The third-order valence-corrected chi connectivity index (χ3v) is 3.25. The van der Waals surface area contributed by atoms with Gasteiger partial charge in [0.1, 0.15) is 5.82 Å². The highest BCUT2D eigenvalue weighted by Gasteiger charge is 2.23. The Hall–Kier alpha value is -1.82. The van der Waals surface area contributed by atoms with Crippen LogP contribution in [0.4, 0.5) is 11.5 Å². The van der Waals surface area contributed by atoms with E-state index in [1.165, 1.54) is 12.3 Å². The van der Waals surface area contributed by atoms with Gasteiger partial charge in [-0.15, -0.1) is 0 Å². The van der Waals surface area contributed by atoms with Gasteiger partial charge in [-0.2, -0.15) is 0 Å². The van der Waals surface area contributed by atoms with E-state index in [9.17, 15) is 9.90 Å². The molecule has 0 radical (unpaired) electrons. The minimum Gasteiger partial charge on any atom is -0.478 e. The van der Waals surface area contributed by atoms with Gasteiger partial charge in [0.2, 0.25) is 0 Å². The second kappa shape index (κ2) is 5.22. The van der Waals surface area contributed by atoms with Crippen molar-refractivity contribution in [2.45, 2.75) is 18.9 Å². The largest absolute Gasteiger partial charge is 0.478 e. The second-order valence-corrected chi connectivity index (χ2v) is 4.39. The predicted molar refractivity (Wildman–Crippen MR) is 67.9 cm³/mol. The average molecular weight is 251 g/mol. The Labute approximate surface area is 105 Å². The van der Waals surface area contributed by atoms with Gasteiger partial charge in [-0.1, -0.05) is 0 Å². The number of pyridine rings is 1. The first kappa shape index (κ1) is 12.6. The van der Waals surface area contributed by atoms with E-state index in [4.69, 9.17) is 10.5 Å². The molecule has 0 aliphatic carbocycles. The van der Waals surface area contributed by atoms with E-state index < -0.39 is 5.97 Å². The number of hydrogen-bond donors (Lipinski definition) is 2. The van der Waals surface area contributed by atoms with Gasteiger partial charge >= 0.3 is 5.97 Å². The maximum absolute atomic E-state index is 11.2. The number of anilines is 2. The van der Waals surface area contributed by atoms with E-state index in [0.29, 0.717) is 18.9 Å². The van der Waals surface area contributed by atoms with Crippen molar-refractivity contribution in [2.24, 2.45) is 0 Å². The monoisotopic (exact) mass is 251 g/mol.